The molecule has 0 aliphatic carbocycles. The summed E-state index contributed by atoms with van der Waals surface area (Å²) in [7, 11) is 0. The molecule has 2 aromatic rings. The number of halogens is 1. The summed E-state index contributed by atoms with van der Waals surface area (Å²) in [6.45, 7) is 0. The van der Waals surface area contributed by atoms with E-state index in [1.807, 2.05) is 0 Å². The van der Waals surface area contributed by atoms with Gasteiger partial charge in [-0.25, -0.2) is 4.39 Å². The molecule has 2 aromatic carbocycles. The quantitative estimate of drug-likeness (QED) is 0.671. The molecule has 0 radical (unpaired) electrons. The number of benzene rings is 2. The fourth-order valence-electron chi connectivity index (χ4n) is 1.60. The summed E-state index contributed by atoms with van der Waals surface area (Å²) in [4.78, 5) is 23.2. The van der Waals surface area contributed by atoms with Crippen molar-refractivity contribution < 1.29 is 14.0 Å². The SMILES string of the molecule is O=C(C=Cc1cccc(F)c1)NNC(=O)c1ccccc1. The number of carbonyl (C=O) groups is 2. The maximum absolute atomic E-state index is 12.9. The van der Waals surface area contributed by atoms with E-state index in [9.17, 15) is 14.0 Å². The summed E-state index contributed by atoms with van der Waals surface area (Å²) < 4.78 is 12.9. The van der Waals surface area contributed by atoms with E-state index in [-0.39, 0.29) is 5.82 Å². The second kappa shape index (κ2) is 7.00. The Morgan fingerprint density at radius 2 is 1.71 bits per heavy atom. The Kier molecular flexibility index (Phi) is 4.82. The van der Waals surface area contributed by atoms with E-state index in [4.69, 9.17) is 0 Å². The van der Waals surface area contributed by atoms with E-state index in [1.165, 1.54) is 24.3 Å². The van der Waals surface area contributed by atoms with Crippen LogP contribution in [-0.2, 0) is 4.79 Å². The van der Waals surface area contributed by atoms with Crippen molar-refractivity contribution in [3.8, 4) is 0 Å². The highest BCUT2D eigenvalue weighted by molar-refractivity contribution is 5.97. The van der Waals surface area contributed by atoms with E-state index >= 15 is 0 Å². The van der Waals surface area contributed by atoms with Crippen LogP contribution in [0.15, 0.2) is 60.7 Å². The molecular weight excluding hydrogens is 271 g/mol. The van der Waals surface area contributed by atoms with Gasteiger partial charge in [0.15, 0.2) is 0 Å². The van der Waals surface area contributed by atoms with Crippen LogP contribution in [0.25, 0.3) is 6.08 Å². The smallest absolute Gasteiger partial charge is 0.268 e. The monoisotopic (exact) mass is 284 g/mol. The Balaban J connectivity index is 1.86. The summed E-state index contributed by atoms with van der Waals surface area (Å²) in [5, 5.41) is 0. The molecule has 0 bridgehead atoms. The molecule has 2 rings (SSSR count). The zero-order valence-electron chi connectivity index (χ0n) is 11.0. The van der Waals surface area contributed by atoms with Crippen molar-refractivity contribution in [1.82, 2.24) is 10.9 Å². The van der Waals surface area contributed by atoms with Gasteiger partial charge in [0.25, 0.3) is 11.8 Å². The topological polar surface area (TPSA) is 58.2 Å². The normalized spacial score (nSPS) is 10.3. The molecule has 0 aliphatic heterocycles. The number of hydrazine groups is 1. The Labute approximate surface area is 121 Å². The van der Waals surface area contributed by atoms with Gasteiger partial charge in [-0.15, -0.1) is 0 Å². The summed E-state index contributed by atoms with van der Waals surface area (Å²) in [6, 6.07) is 14.3. The van der Waals surface area contributed by atoms with Crippen molar-refractivity contribution in [3.05, 3.63) is 77.6 Å². The van der Waals surface area contributed by atoms with Crippen LogP contribution in [0.3, 0.4) is 0 Å². The van der Waals surface area contributed by atoms with Gasteiger partial charge in [-0.3, -0.25) is 20.4 Å². The summed E-state index contributed by atoms with van der Waals surface area (Å²) in [6.07, 6.45) is 2.66. The molecule has 0 saturated heterocycles. The predicted octanol–water partition coefficient (Wildman–Crippen LogP) is 2.30. The van der Waals surface area contributed by atoms with Gasteiger partial charge in [-0.2, -0.15) is 0 Å². The van der Waals surface area contributed by atoms with Crippen LogP contribution in [-0.4, -0.2) is 11.8 Å². The highest BCUT2D eigenvalue weighted by atomic mass is 19.1. The van der Waals surface area contributed by atoms with Crippen LogP contribution in [0.5, 0.6) is 0 Å². The highest BCUT2D eigenvalue weighted by Crippen LogP contribution is 2.05. The molecule has 4 nitrogen and oxygen atoms in total. The lowest BCUT2D eigenvalue weighted by Gasteiger charge is -2.04. The summed E-state index contributed by atoms with van der Waals surface area (Å²) in [5.74, 6) is -1.30. The average Bonchev–Trinajstić information content (AvgIpc) is 2.51. The first-order chi connectivity index (χ1) is 10.1. The largest absolute Gasteiger partial charge is 0.269 e. The third-order valence-corrected chi connectivity index (χ3v) is 2.61. The molecule has 0 aliphatic rings. The average molecular weight is 284 g/mol. The second-order valence-electron chi connectivity index (χ2n) is 4.20. The number of hydrogen-bond acceptors (Lipinski definition) is 2. The fourth-order valence-corrected chi connectivity index (χ4v) is 1.60. The first-order valence-corrected chi connectivity index (χ1v) is 6.24. The van der Waals surface area contributed by atoms with Crippen molar-refractivity contribution in [1.29, 1.82) is 0 Å². The van der Waals surface area contributed by atoms with Crippen LogP contribution < -0.4 is 10.9 Å². The number of nitrogens with one attached hydrogen (secondary N) is 2. The van der Waals surface area contributed by atoms with E-state index in [0.29, 0.717) is 11.1 Å². The Morgan fingerprint density at radius 3 is 2.43 bits per heavy atom. The van der Waals surface area contributed by atoms with Crippen LogP contribution in [0, 0.1) is 5.82 Å². The van der Waals surface area contributed by atoms with Crippen molar-refractivity contribution >= 4 is 17.9 Å². The zero-order chi connectivity index (χ0) is 15.1. The molecular formula is C16H13FN2O2. The molecule has 2 N–H and O–H groups in total. The van der Waals surface area contributed by atoms with Gasteiger partial charge in [0.05, 0.1) is 0 Å². The molecule has 0 heterocycles. The maximum atomic E-state index is 12.9. The van der Waals surface area contributed by atoms with Gasteiger partial charge in [0.1, 0.15) is 5.82 Å². The standard InChI is InChI=1S/C16H13FN2O2/c17-14-8-4-5-12(11-14)9-10-15(20)18-19-16(21)13-6-2-1-3-7-13/h1-11H,(H,18,20)(H,19,21). The molecule has 0 saturated carbocycles. The first-order valence-electron chi connectivity index (χ1n) is 6.24. The summed E-state index contributed by atoms with van der Waals surface area (Å²) >= 11 is 0. The number of amides is 2. The van der Waals surface area contributed by atoms with Crippen LogP contribution >= 0.6 is 0 Å². The Bertz CT molecular complexity index is 669. The number of hydrogen-bond donors (Lipinski definition) is 2. The minimum Gasteiger partial charge on any atom is -0.268 e. The third kappa shape index (κ3) is 4.58. The fraction of sp³-hybridized carbons (Fsp3) is 0. The van der Waals surface area contributed by atoms with Crippen molar-refractivity contribution in [2.75, 3.05) is 0 Å². The van der Waals surface area contributed by atoms with E-state index in [1.54, 1.807) is 42.5 Å². The molecule has 21 heavy (non-hydrogen) atoms. The molecule has 0 aromatic heterocycles. The number of rotatable bonds is 3. The Morgan fingerprint density at radius 1 is 0.952 bits per heavy atom. The molecule has 0 spiro atoms. The number of carbonyl (C=O) groups excluding carboxylic acids is 2. The van der Waals surface area contributed by atoms with E-state index < -0.39 is 11.8 Å². The van der Waals surface area contributed by atoms with Gasteiger partial charge in [0.2, 0.25) is 0 Å². The van der Waals surface area contributed by atoms with Gasteiger partial charge in [0, 0.05) is 11.6 Å². The lowest BCUT2D eigenvalue weighted by Crippen LogP contribution is -2.40. The molecule has 106 valence electrons. The van der Waals surface area contributed by atoms with Crippen molar-refractivity contribution in [2.45, 2.75) is 0 Å². The lowest BCUT2D eigenvalue weighted by molar-refractivity contribution is -0.117. The van der Waals surface area contributed by atoms with Crippen LogP contribution in [0.2, 0.25) is 0 Å². The van der Waals surface area contributed by atoms with E-state index in [2.05, 4.69) is 10.9 Å². The second-order valence-corrected chi connectivity index (χ2v) is 4.20. The predicted molar refractivity (Wildman–Crippen MR) is 77.5 cm³/mol. The van der Waals surface area contributed by atoms with Gasteiger partial charge in [-0.1, -0.05) is 30.3 Å². The molecule has 0 fully saturated rings. The minimum absolute atomic E-state index is 0.380. The molecule has 0 atom stereocenters. The van der Waals surface area contributed by atoms with Gasteiger partial charge < -0.3 is 0 Å². The van der Waals surface area contributed by atoms with Gasteiger partial charge in [-0.05, 0) is 35.9 Å². The molecule has 5 heteroatoms. The molecule has 2 amide bonds. The highest BCUT2D eigenvalue weighted by Gasteiger charge is 2.04. The van der Waals surface area contributed by atoms with Gasteiger partial charge >= 0.3 is 0 Å². The minimum atomic E-state index is -0.511. The maximum Gasteiger partial charge on any atom is 0.269 e. The van der Waals surface area contributed by atoms with E-state index in [0.717, 1.165) is 0 Å². The molecule has 0 unspecified atom stereocenters. The van der Waals surface area contributed by atoms with Crippen LogP contribution in [0.1, 0.15) is 15.9 Å². The lowest BCUT2D eigenvalue weighted by atomic mass is 10.2. The third-order valence-electron chi connectivity index (χ3n) is 2.61. The van der Waals surface area contributed by atoms with Crippen molar-refractivity contribution in [3.63, 3.8) is 0 Å². The first kappa shape index (κ1) is 14.5. The zero-order valence-corrected chi connectivity index (χ0v) is 11.0. The van der Waals surface area contributed by atoms with Crippen LogP contribution in [0.4, 0.5) is 4.39 Å². The summed E-state index contributed by atoms with van der Waals surface area (Å²) in [5.41, 5.74) is 5.52. The van der Waals surface area contributed by atoms with Crippen molar-refractivity contribution in [2.24, 2.45) is 0 Å². The Hall–Kier alpha value is -2.95.